The monoisotopic (exact) mass is 252 g/mol. The predicted octanol–water partition coefficient (Wildman–Crippen LogP) is 3.42. The quantitative estimate of drug-likeness (QED) is 0.779. The number of likely N-dealkylation sites (tertiary alicyclic amines) is 1. The smallest absolute Gasteiger partial charge is 0.0221 e. The molecule has 18 heavy (non-hydrogen) atoms. The van der Waals surface area contributed by atoms with Gasteiger partial charge in [0.15, 0.2) is 0 Å². The van der Waals surface area contributed by atoms with Crippen molar-refractivity contribution in [3.8, 4) is 0 Å². The molecule has 1 saturated carbocycles. The summed E-state index contributed by atoms with van der Waals surface area (Å²) in [6.07, 6.45) is 11.4. The molecular formula is C16H32N2. The van der Waals surface area contributed by atoms with E-state index in [4.69, 9.17) is 0 Å². The van der Waals surface area contributed by atoms with E-state index in [1.54, 1.807) is 0 Å². The van der Waals surface area contributed by atoms with Crippen LogP contribution >= 0.6 is 0 Å². The fourth-order valence-electron chi connectivity index (χ4n) is 3.91. The summed E-state index contributed by atoms with van der Waals surface area (Å²) in [5.41, 5.74) is 0. The number of likely N-dealkylation sites (N-methyl/N-ethyl adjacent to an activating group) is 1. The third-order valence-electron chi connectivity index (χ3n) is 5.09. The van der Waals surface area contributed by atoms with Crippen molar-refractivity contribution in [3.63, 3.8) is 0 Å². The van der Waals surface area contributed by atoms with Crippen LogP contribution in [0.2, 0.25) is 0 Å². The van der Waals surface area contributed by atoms with E-state index in [0.29, 0.717) is 0 Å². The lowest BCUT2D eigenvalue weighted by Crippen LogP contribution is -2.42. The zero-order valence-electron chi connectivity index (χ0n) is 12.5. The van der Waals surface area contributed by atoms with Gasteiger partial charge in [0.1, 0.15) is 0 Å². The Bertz CT molecular complexity index is 221. The van der Waals surface area contributed by atoms with Gasteiger partial charge in [0, 0.05) is 18.6 Å². The zero-order valence-corrected chi connectivity index (χ0v) is 12.5. The summed E-state index contributed by atoms with van der Waals surface area (Å²) >= 11 is 0. The Hall–Kier alpha value is -0.0800. The van der Waals surface area contributed by atoms with E-state index in [1.165, 1.54) is 71.0 Å². The molecule has 1 heterocycles. The second-order valence-corrected chi connectivity index (χ2v) is 6.34. The molecule has 1 saturated heterocycles. The number of hydrogen-bond acceptors (Lipinski definition) is 2. The Morgan fingerprint density at radius 2 is 1.83 bits per heavy atom. The molecule has 0 amide bonds. The van der Waals surface area contributed by atoms with Crippen LogP contribution in [0.1, 0.15) is 65.2 Å². The van der Waals surface area contributed by atoms with Crippen molar-refractivity contribution >= 4 is 0 Å². The molecule has 106 valence electrons. The SMILES string of the molecule is CCCC1CCC(NCC2CCCN2CC)CC1. The van der Waals surface area contributed by atoms with Gasteiger partial charge in [-0.2, -0.15) is 0 Å². The first kappa shape index (κ1) is 14.3. The van der Waals surface area contributed by atoms with Crippen LogP contribution in [-0.2, 0) is 0 Å². The highest BCUT2D eigenvalue weighted by atomic mass is 15.2. The molecule has 0 bridgehead atoms. The predicted molar refractivity (Wildman–Crippen MR) is 78.9 cm³/mol. The minimum atomic E-state index is 0.817. The Morgan fingerprint density at radius 3 is 2.50 bits per heavy atom. The normalized spacial score (nSPS) is 34.0. The largest absolute Gasteiger partial charge is 0.312 e. The molecule has 0 aromatic carbocycles. The van der Waals surface area contributed by atoms with Gasteiger partial charge in [-0.3, -0.25) is 4.90 Å². The summed E-state index contributed by atoms with van der Waals surface area (Å²) in [5, 5.41) is 3.85. The first-order chi connectivity index (χ1) is 8.83. The third kappa shape index (κ3) is 3.96. The first-order valence-corrected chi connectivity index (χ1v) is 8.30. The van der Waals surface area contributed by atoms with Gasteiger partial charge >= 0.3 is 0 Å². The second kappa shape index (κ2) is 7.49. The number of nitrogens with one attached hydrogen (secondary N) is 1. The minimum Gasteiger partial charge on any atom is -0.312 e. The Kier molecular flexibility index (Phi) is 5.97. The van der Waals surface area contributed by atoms with Gasteiger partial charge in [0.25, 0.3) is 0 Å². The van der Waals surface area contributed by atoms with Gasteiger partial charge in [-0.05, 0) is 57.5 Å². The van der Waals surface area contributed by atoms with Crippen molar-refractivity contribution in [2.24, 2.45) is 5.92 Å². The molecule has 2 aliphatic rings. The molecule has 2 fully saturated rings. The van der Waals surface area contributed by atoms with Crippen LogP contribution in [-0.4, -0.2) is 36.6 Å². The lowest BCUT2D eigenvalue weighted by atomic mass is 9.83. The standard InChI is InChI=1S/C16H32N2/c1-3-6-14-8-10-15(11-9-14)17-13-16-7-5-12-18(16)4-2/h14-17H,3-13H2,1-2H3. The Labute approximate surface area is 114 Å². The molecule has 1 unspecified atom stereocenters. The number of rotatable bonds is 6. The van der Waals surface area contributed by atoms with Gasteiger partial charge < -0.3 is 5.32 Å². The van der Waals surface area contributed by atoms with E-state index in [1.807, 2.05) is 0 Å². The molecule has 1 N–H and O–H groups in total. The van der Waals surface area contributed by atoms with Crippen molar-refractivity contribution < 1.29 is 0 Å². The van der Waals surface area contributed by atoms with E-state index >= 15 is 0 Å². The van der Waals surface area contributed by atoms with E-state index in [0.717, 1.165) is 18.0 Å². The van der Waals surface area contributed by atoms with Gasteiger partial charge in [0.05, 0.1) is 0 Å². The fourth-order valence-corrected chi connectivity index (χ4v) is 3.91. The maximum atomic E-state index is 3.85. The molecule has 1 atom stereocenters. The summed E-state index contributed by atoms with van der Waals surface area (Å²) in [7, 11) is 0. The molecule has 0 aromatic heterocycles. The summed E-state index contributed by atoms with van der Waals surface area (Å²) in [6, 6.07) is 1.64. The highest BCUT2D eigenvalue weighted by molar-refractivity contribution is 4.83. The van der Waals surface area contributed by atoms with Gasteiger partial charge in [-0.1, -0.05) is 26.7 Å². The maximum absolute atomic E-state index is 3.85. The molecule has 2 nitrogen and oxygen atoms in total. The van der Waals surface area contributed by atoms with Gasteiger partial charge in [-0.15, -0.1) is 0 Å². The number of hydrogen-bond donors (Lipinski definition) is 1. The zero-order chi connectivity index (χ0) is 12.8. The molecule has 2 heteroatoms. The van der Waals surface area contributed by atoms with Crippen LogP contribution < -0.4 is 5.32 Å². The van der Waals surface area contributed by atoms with Crippen LogP contribution in [0.15, 0.2) is 0 Å². The van der Waals surface area contributed by atoms with Crippen molar-refractivity contribution in [1.82, 2.24) is 10.2 Å². The topological polar surface area (TPSA) is 15.3 Å². The van der Waals surface area contributed by atoms with Crippen molar-refractivity contribution in [1.29, 1.82) is 0 Å². The van der Waals surface area contributed by atoms with E-state index < -0.39 is 0 Å². The van der Waals surface area contributed by atoms with Crippen LogP contribution in [0.5, 0.6) is 0 Å². The molecule has 0 spiro atoms. The van der Waals surface area contributed by atoms with E-state index in [-0.39, 0.29) is 0 Å². The van der Waals surface area contributed by atoms with Crippen LogP contribution in [0.4, 0.5) is 0 Å². The molecule has 0 radical (unpaired) electrons. The van der Waals surface area contributed by atoms with Gasteiger partial charge in [-0.25, -0.2) is 0 Å². The maximum Gasteiger partial charge on any atom is 0.0221 e. The summed E-state index contributed by atoms with van der Waals surface area (Å²) in [5.74, 6) is 1.03. The van der Waals surface area contributed by atoms with Gasteiger partial charge in [0.2, 0.25) is 0 Å². The molecular weight excluding hydrogens is 220 g/mol. The molecule has 2 rings (SSSR count). The van der Waals surface area contributed by atoms with Crippen molar-refractivity contribution in [2.75, 3.05) is 19.6 Å². The lowest BCUT2D eigenvalue weighted by Gasteiger charge is -2.31. The fraction of sp³-hybridized carbons (Fsp3) is 1.00. The minimum absolute atomic E-state index is 0.817. The van der Waals surface area contributed by atoms with E-state index in [2.05, 4.69) is 24.1 Å². The molecule has 1 aliphatic carbocycles. The van der Waals surface area contributed by atoms with Crippen molar-refractivity contribution in [3.05, 3.63) is 0 Å². The Morgan fingerprint density at radius 1 is 1.06 bits per heavy atom. The van der Waals surface area contributed by atoms with Crippen molar-refractivity contribution in [2.45, 2.75) is 77.3 Å². The Balaban J connectivity index is 1.63. The first-order valence-electron chi connectivity index (χ1n) is 8.30. The average Bonchev–Trinajstić information content (AvgIpc) is 2.86. The average molecular weight is 252 g/mol. The third-order valence-corrected chi connectivity index (χ3v) is 5.09. The van der Waals surface area contributed by atoms with Crippen LogP contribution in [0, 0.1) is 5.92 Å². The second-order valence-electron chi connectivity index (χ2n) is 6.34. The van der Waals surface area contributed by atoms with E-state index in [9.17, 15) is 0 Å². The molecule has 1 aliphatic heterocycles. The van der Waals surface area contributed by atoms with Crippen LogP contribution in [0.25, 0.3) is 0 Å². The highest BCUT2D eigenvalue weighted by Gasteiger charge is 2.25. The lowest BCUT2D eigenvalue weighted by molar-refractivity contribution is 0.230. The highest BCUT2D eigenvalue weighted by Crippen LogP contribution is 2.28. The molecule has 0 aromatic rings. The van der Waals surface area contributed by atoms with Crippen LogP contribution in [0.3, 0.4) is 0 Å². The summed E-state index contributed by atoms with van der Waals surface area (Å²) in [4.78, 5) is 2.65. The summed E-state index contributed by atoms with van der Waals surface area (Å²) < 4.78 is 0. The number of nitrogens with zero attached hydrogens (tertiary/aromatic N) is 1. The summed E-state index contributed by atoms with van der Waals surface area (Å²) in [6.45, 7) is 8.41.